The minimum absolute atomic E-state index is 0. The van der Waals surface area contributed by atoms with E-state index in [0.717, 1.165) is 36.1 Å². The number of halogens is 2. The van der Waals surface area contributed by atoms with Crippen molar-refractivity contribution in [3.63, 3.8) is 0 Å². The summed E-state index contributed by atoms with van der Waals surface area (Å²) < 4.78 is 6.04. The fourth-order valence-electron chi connectivity index (χ4n) is 2.40. The maximum absolute atomic E-state index is 6.51. The second kappa shape index (κ2) is 7.90. The van der Waals surface area contributed by atoms with Gasteiger partial charge < -0.3 is 10.5 Å². The Morgan fingerprint density at radius 3 is 2.45 bits per heavy atom. The minimum atomic E-state index is 0. The highest BCUT2D eigenvalue weighted by molar-refractivity contribution is 6.32. The Kier molecular flexibility index (Phi) is 7.04. The Morgan fingerprint density at radius 2 is 1.95 bits per heavy atom. The Labute approximate surface area is 146 Å². The van der Waals surface area contributed by atoms with Crippen LogP contribution in [0.1, 0.15) is 58.1 Å². The van der Waals surface area contributed by atoms with Crippen LogP contribution in [0, 0.1) is 5.92 Å². The first-order chi connectivity index (χ1) is 9.81. The molecule has 1 aromatic carbocycles. The van der Waals surface area contributed by atoms with E-state index in [4.69, 9.17) is 22.1 Å². The van der Waals surface area contributed by atoms with Gasteiger partial charge in [-0.2, -0.15) is 0 Å². The number of nitrogens with two attached hydrogens (primary N) is 1. The molecule has 0 bridgehead atoms. The van der Waals surface area contributed by atoms with Gasteiger partial charge in [-0.05, 0) is 48.6 Å². The van der Waals surface area contributed by atoms with E-state index in [0.29, 0.717) is 0 Å². The molecule has 0 aromatic heterocycles. The summed E-state index contributed by atoms with van der Waals surface area (Å²) in [5, 5.41) is 0.723. The molecule has 1 unspecified atom stereocenters. The van der Waals surface area contributed by atoms with Crippen LogP contribution in [0.2, 0.25) is 5.02 Å². The van der Waals surface area contributed by atoms with Crippen LogP contribution >= 0.6 is 24.0 Å². The zero-order valence-electron chi connectivity index (χ0n) is 14.1. The average molecular weight is 346 g/mol. The summed E-state index contributed by atoms with van der Waals surface area (Å²) >= 11 is 6.51. The maximum atomic E-state index is 6.51. The molecule has 0 aliphatic heterocycles. The molecule has 2 rings (SSSR count). The first kappa shape index (κ1) is 19.6. The van der Waals surface area contributed by atoms with Gasteiger partial charge in [0.05, 0.1) is 11.6 Å². The summed E-state index contributed by atoms with van der Waals surface area (Å²) in [6, 6.07) is 4.44. The molecule has 4 heteroatoms. The normalized spacial score (nSPS) is 16.1. The zero-order chi connectivity index (χ0) is 15.6. The van der Waals surface area contributed by atoms with Crippen LogP contribution in [-0.4, -0.2) is 12.6 Å². The van der Waals surface area contributed by atoms with Crippen LogP contribution in [0.4, 0.5) is 0 Å². The van der Waals surface area contributed by atoms with E-state index in [2.05, 4.69) is 33.8 Å². The number of rotatable bonds is 6. The van der Waals surface area contributed by atoms with Gasteiger partial charge in [-0.1, -0.05) is 45.4 Å². The van der Waals surface area contributed by atoms with Crippen LogP contribution in [0.3, 0.4) is 0 Å². The van der Waals surface area contributed by atoms with Crippen molar-refractivity contribution in [1.29, 1.82) is 0 Å². The lowest BCUT2D eigenvalue weighted by molar-refractivity contribution is 0.292. The molecule has 126 valence electrons. The van der Waals surface area contributed by atoms with Crippen molar-refractivity contribution in [1.82, 2.24) is 0 Å². The summed E-state index contributed by atoms with van der Waals surface area (Å²) in [7, 11) is 0. The van der Waals surface area contributed by atoms with Crippen molar-refractivity contribution in [2.45, 2.75) is 64.8 Å². The maximum Gasteiger partial charge on any atom is 0.141 e. The fourth-order valence-corrected chi connectivity index (χ4v) is 2.70. The van der Waals surface area contributed by atoms with Gasteiger partial charge in [0.25, 0.3) is 0 Å². The lowest BCUT2D eigenvalue weighted by Crippen LogP contribution is -2.22. The monoisotopic (exact) mass is 345 g/mol. The largest absolute Gasteiger partial charge is 0.491 e. The van der Waals surface area contributed by atoms with Gasteiger partial charge in [-0.15, -0.1) is 12.4 Å². The van der Waals surface area contributed by atoms with Crippen molar-refractivity contribution in [3.05, 3.63) is 28.3 Å². The van der Waals surface area contributed by atoms with Crippen molar-refractivity contribution in [2.24, 2.45) is 11.7 Å². The van der Waals surface area contributed by atoms with Crippen molar-refractivity contribution >= 4 is 24.0 Å². The van der Waals surface area contributed by atoms with Crippen LogP contribution < -0.4 is 10.5 Å². The summed E-state index contributed by atoms with van der Waals surface area (Å²) in [5.41, 5.74) is 8.49. The third-order valence-electron chi connectivity index (χ3n) is 4.09. The van der Waals surface area contributed by atoms with Crippen LogP contribution in [-0.2, 0) is 11.8 Å². The molecule has 2 N–H and O–H groups in total. The molecule has 1 saturated carbocycles. The topological polar surface area (TPSA) is 35.2 Å². The van der Waals surface area contributed by atoms with Crippen LogP contribution in [0.5, 0.6) is 5.75 Å². The molecule has 1 fully saturated rings. The highest BCUT2D eigenvalue weighted by Gasteiger charge is 2.26. The number of ether oxygens (including phenoxy) is 1. The summed E-state index contributed by atoms with van der Waals surface area (Å²) in [6.07, 6.45) is 4.41. The molecule has 1 aliphatic carbocycles. The molecule has 1 aliphatic rings. The first-order valence-electron chi connectivity index (χ1n) is 8.02. The molecule has 1 atom stereocenters. The smallest absolute Gasteiger partial charge is 0.141 e. The zero-order valence-corrected chi connectivity index (χ0v) is 15.7. The van der Waals surface area contributed by atoms with Crippen molar-refractivity contribution in [2.75, 3.05) is 6.61 Å². The Balaban J connectivity index is 0.00000242. The van der Waals surface area contributed by atoms with Gasteiger partial charge in [0, 0.05) is 11.6 Å². The molecule has 2 nitrogen and oxygen atoms in total. The van der Waals surface area contributed by atoms with Gasteiger partial charge in [0.2, 0.25) is 0 Å². The van der Waals surface area contributed by atoms with E-state index in [1.165, 1.54) is 24.0 Å². The third kappa shape index (κ3) is 5.33. The minimum Gasteiger partial charge on any atom is -0.491 e. The summed E-state index contributed by atoms with van der Waals surface area (Å²) in [4.78, 5) is 0. The lowest BCUT2D eigenvalue weighted by atomic mass is 9.84. The molecule has 22 heavy (non-hydrogen) atoms. The van der Waals surface area contributed by atoms with E-state index >= 15 is 0 Å². The quantitative estimate of drug-likeness (QED) is 0.775. The lowest BCUT2D eigenvalue weighted by Gasteiger charge is -2.25. The predicted octanol–water partition coefficient (Wildman–Crippen LogP) is 5.13. The van der Waals surface area contributed by atoms with E-state index in [-0.39, 0.29) is 23.9 Å². The van der Waals surface area contributed by atoms with Crippen molar-refractivity contribution in [3.8, 4) is 5.75 Å². The fraction of sp³-hybridized carbons (Fsp3) is 0.667. The number of hydrogen-bond acceptors (Lipinski definition) is 2. The molecule has 0 amide bonds. The van der Waals surface area contributed by atoms with Gasteiger partial charge in [-0.3, -0.25) is 0 Å². The molecule has 0 heterocycles. The molecule has 0 radical (unpaired) electrons. The van der Waals surface area contributed by atoms with Gasteiger partial charge in [0.15, 0.2) is 0 Å². The van der Waals surface area contributed by atoms with Gasteiger partial charge in [-0.25, -0.2) is 0 Å². The van der Waals surface area contributed by atoms with E-state index in [1.807, 2.05) is 6.07 Å². The Bertz CT molecular complexity index is 493. The summed E-state index contributed by atoms with van der Waals surface area (Å²) in [6.45, 7) is 9.51. The second-order valence-electron chi connectivity index (χ2n) is 7.33. The molecular formula is C18H29Cl2NO. The predicted molar refractivity (Wildman–Crippen MR) is 97.6 cm³/mol. The average Bonchev–Trinajstić information content (AvgIpc) is 3.19. The molecular weight excluding hydrogens is 317 g/mol. The van der Waals surface area contributed by atoms with Gasteiger partial charge in [0.1, 0.15) is 5.75 Å². The first-order valence-corrected chi connectivity index (χ1v) is 8.40. The summed E-state index contributed by atoms with van der Waals surface area (Å²) in [5.74, 6) is 1.59. The highest BCUT2D eigenvalue weighted by atomic mass is 35.5. The molecule has 0 spiro atoms. The molecule has 1 aromatic rings. The van der Waals surface area contributed by atoms with Gasteiger partial charge >= 0.3 is 0 Å². The van der Waals surface area contributed by atoms with E-state index in [1.54, 1.807) is 0 Å². The standard InChI is InChI=1S/C18H28ClNO.ClH/c1-5-14(20)8-13-9-15(18(2,3)4)17(16(19)10-13)21-11-12-6-7-12;/h9-10,12,14H,5-8,11,20H2,1-4H3;1H. The number of benzene rings is 1. The number of hydrogen-bond donors (Lipinski definition) is 1. The van der Waals surface area contributed by atoms with E-state index in [9.17, 15) is 0 Å². The van der Waals surface area contributed by atoms with Crippen LogP contribution in [0.25, 0.3) is 0 Å². The Hall–Kier alpha value is -0.440. The van der Waals surface area contributed by atoms with Crippen LogP contribution in [0.15, 0.2) is 12.1 Å². The highest BCUT2D eigenvalue weighted by Crippen LogP contribution is 2.40. The third-order valence-corrected chi connectivity index (χ3v) is 4.37. The van der Waals surface area contributed by atoms with E-state index < -0.39 is 0 Å². The molecule has 0 saturated heterocycles. The van der Waals surface area contributed by atoms with Crippen molar-refractivity contribution < 1.29 is 4.74 Å². The second-order valence-corrected chi connectivity index (χ2v) is 7.74. The SMILES string of the molecule is CCC(N)Cc1cc(Cl)c(OCC2CC2)c(C(C)(C)C)c1.Cl. The Morgan fingerprint density at radius 1 is 1.32 bits per heavy atom.